The van der Waals surface area contributed by atoms with Crippen molar-refractivity contribution < 1.29 is 22.7 Å². The Morgan fingerprint density at radius 1 is 1.00 bits per heavy atom. The third-order valence-electron chi connectivity index (χ3n) is 5.91. The van der Waals surface area contributed by atoms with Crippen molar-refractivity contribution in [2.45, 2.75) is 11.8 Å². The summed E-state index contributed by atoms with van der Waals surface area (Å²) in [6.45, 7) is 5.75. The Labute approximate surface area is 210 Å². The fourth-order valence-corrected chi connectivity index (χ4v) is 6.37. The first kappa shape index (κ1) is 25.1. The van der Waals surface area contributed by atoms with Gasteiger partial charge in [-0.1, -0.05) is 35.3 Å². The summed E-state index contributed by atoms with van der Waals surface area (Å²) < 4.78 is 38.6. The number of carbonyl (C=O) groups is 1. The van der Waals surface area contributed by atoms with E-state index >= 15 is 0 Å². The van der Waals surface area contributed by atoms with Crippen LogP contribution in [0.5, 0.6) is 5.75 Å². The van der Waals surface area contributed by atoms with Crippen molar-refractivity contribution >= 4 is 44.8 Å². The van der Waals surface area contributed by atoms with E-state index in [1.807, 2.05) is 31.2 Å². The molecule has 0 bridgehead atoms. The molecule has 2 aromatic rings. The molecule has 2 aliphatic heterocycles. The molecule has 184 valence electrons. The number of anilines is 1. The van der Waals surface area contributed by atoms with Gasteiger partial charge in [-0.3, -0.25) is 4.79 Å². The molecule has 8 nitrogen and oxygen atoms in total. The van der Waals surface area contributed by atoms with Gasteiger partial charge >= 0.3 is 0 Å². The van der Waals surface area contributed by atoms with E-state index in [0.29, 0.717) is 46.0 Å². The number of piperazine rings is 1. The van der Waals surface area contributed by atoms with E-state index in [1.165, 1.54) is 16.4 Å². The normalized spacial score (nSPS) is 17.6. The van der Waals surface area contributed by atoms with Crippen molar-refractivity contribution in [1.29, 1.82) is 0 Å². The van der Waals surface area contributed by atoms with Crippen LogP contribution in [0.2, 0.25) is 10.0 Å². The highest BCUT2D eigenvalue weighted by atomic mass is 35.5. The lowest BCUT2D eigenvalue weighted by atomic mass is 10.1. The first-order chi connectivity index (χ1) is 16.3. The summed E-state index contributed by atoms with van der Waals surface area (Å²) in [5.41, 5.74) is 1.11. The van der Waals surface area contributed by atoms with Gasteiger partial charge in [-0.25, -0.2) is 8.42 Å². The molecule has 0 radical (unpaired) electrons. The SMILES string of the molecule is CCOc1ccccc1N1CCN(C(=O)c2cc(S(=O)(=O)N3CCOCC3)c(Cl)cc2Cl)CC1. The molecule has 1 amide bonds. The number of sulfonamides is 1. The average Bonchev–Trinajstić information content (AvgIpc) is 2.85. The molecule has 0 atom stereocenters. The average molecular weight is 528 g/mol. The second-order valence-corrected chi connectivity index (χ2v) is 10.7. The van der Waals surface area contributed by atoms with Gasteiger partial charge in [0.05, 0.1) is 41.1 Å². The Bertz CT molecular complexity index is 1150. The number of morpholine rings is 1. The third kappa shape index (κ3) is 5.13. The number of nitrogens with zero attached hydrogens (tertiary/aromatic N) is 3. The number of carbonyl (C=O) groups excluding carboxylic acids is 1. The van der Waals surface area contributed by atoms with Gasteiger partial charge in [0.25, 0.3) is 5.91 Å². The number of para-hydroxylation sites is 2. The highest BCUT2D eigenvalue weighted by Crippen LogP contribution is 2.33. The van der Waals surface area contributed by atoms with E-state index in [-0.39, 0.29) is 39.5 Å². The zero-order valence-electron chi connectivity index (χ0n) is 18.9. The molecule has 0 spiro atoms. The van der Waals surface area contributed by atoms with E-state index in [0.717, 1.165) is 11.4 Å². The maximum atomic E-state index is 13.3. The molecule has 0 aromatic heterocycles. The Balaban J connectivity index is 1.52. The molecule has 2 aliphatic rings. The lowest BCUT2D eigenvalue weighted by Gasteiger charge is -2.37. The Morgan fingerprint density at radius 3 is 2.35 bits per heavy atom. The molecule has 2 fully saturated rings. The second kappa shape index (κ2) is 10.7. The molecule has 34 heavy (non-hydrogen) atoms. The quantitative estimate of drug-likeness (QED) is 0.572. The molecule has 4 rings (SSSR count). The second-order valence-electron chi connectivity index (χ2n) is 7.96. The molecule has 0 N–H and O–H groups in total. The van der Waals surface area contributed by atoms with Gasteiger partial charge in [-0.05, 0) is 31.2 Å². The minimum Gasteiger partial charge on any atom is -0.492 e. The summed E-state index contributed by atoms with van der Waals surface area (Å²) in [6.07, 6.45) is 0. The monoisotopic (exact) mass is 527 g/mol. The summed E-state index contributed by atoms with van der Waals surface area (Å²) in [5, 5.41) is 0.116. The van der Waals surface area contributed by atoms with E-state index < -0.39 is 10.0 Å². The van der Waals surface area contributed by atoms with Gasteiger partial charge < -0.3 is 19.3 Å². The zero-order chi connectivity index (χ0) is 24.3. The first-order valence-corrected chi connectivity index (χ1v) is 13.4. The highest BCUT2D eigenvalue weighted by molar-refractivity contribution is 7.89. The summed E-state index contributed by atoms with van der Waals surface area (Å²) in [6, 6.07) is 10.5. The minimum absolute atomic E-state index is 0.00890. The van der Waals surface area contributed by atoms with E-state index in [1.54, 1.807) is 4.90 Å². The molecule has 0 aliphatic carbocycles. The minimum atomic E-state index is -3.88. The largest absolute Gasteiger partial charge is 0.492 e. The van der Waals surface area contributed by atoms with E-state index in [4.69, 9.17) is 32.7 Å². The molecular weight excluding hydrogens is 501 g/mol. The van der Waals surface area contributed by atoms with Crippen LogP contribution in [-0.4, -0.2) is 82.6 Å². The van der Waals surface area contributed by atoms with Crippen molar-refractivity contribution in [3.05, 3.63) is 52.0 Å². The van der Waals surface area contributed by atoms with Crippen LogP contribution >= 0.6 is 23.2 Å². The predicted molar refractivity (Wildman–Crippen MR) is 132 cm³/mol. The van der Waals surface area contributed by atoms with E-state index in [2.05, 4.69) is 4.90 Å². The van der Waals surface area contributed by atoms with Gasteiger partial charge in [-0.2, -0.15) is 4.31 Å². The van der Waals surface area contributed by atoms with Crippen LogP contribution in [0.4, 0.5) is 5.69 Å². The third-order valence-corrected chi connectivity index (χ3v) is 8.59. The fourth-order valence-electron chi connectivity index (χ4n) is 4.13. The van der Waals surface area contributed by atoms with Crippen molar-refractivity contribution in [2.75, 3.05) is 64.0 Å². The lowest BCUT2D eigenvalue weighted by Crippen LogP contribution is -2.49. The van der Waals surface area contributed by atoms with Gasteiger partial charge in [-0.15, -0.1) is 0 Å². The van der Waals surface area contributed by atoms with Crippen LogP contribution in [0.3, 0.4) is 0 Å². The number of amides is 1. The number of benzene rings is 2. The Morgan fingerprint density at radius 2 is 1.68 bits per heavy atom. The van der Waals surface area contributed by atoms with Crippen LogP contribution in [0.1, 0.15) is 17.3 Å². The van der Waals surface area contributed by atoms with Gasteiger partial charge in [0.1, 0.15) is 10.6 Å². The molecule has 2 aromatic carbocycles. The first-order valence-electron chi connectivity index (χ1n) is 11.2. The van der Waals surface area contributed by atoms with Gasteiger partial charge in [0.2, 0.25) is 10.0 Å². The van der Waals surface area contributed by atoms with Crippen LogP contribution in [-0.2, 0) is 14.8 Å². The number of halogens is 2. The highest BCUT2D eigenvalue weighted by Gasteiger charge is 2.31. The van der Waals surface area contributed by atoms with Crippen molar-refractivity contribution in [3.8, 4) is 5.75 Å². The molecule has 2 heterocycles. The van der Waals surface area contributed by atoms with Crippen molar-refractivity contribution in [3.63, 3.8) is 0 Å². The molecule has 2 saturated heterocycles. The van der Waals surface area contributed by atoms with Crippen LogP contribution < -0.4 is 9.64 Å². The van der Waals surface area contributed by atoms with Crippen molar-refractivity contribution in [2.24, 2.45) is 0 Å². The lowest BCUT2D eigenvalue weighted by molar-refractivity contribution is 0.0729. The molecular formula is C23H27Cl2N3O5S. The maximum absolute atomic E-state index is 13.3. The Hall–Kier alpha value is -2.04. The topological polar surface area (TPSA) is 79.4 Å². The molecule has 11 heteroatoms. The van der Waals surface area contributed by atoms with E-state index in [9.17, 15) is 13.2 Å². The van der Waals surface area contributed by atoms with Crippen LogP contribution in [0, 0.1) is 0 Å². The molecule has 0 unspecified atom stereocenters. The fraction of sp³-hybridized carbons (Fsp3) is 0.435. The van der Waals surface area contributed by atoms with Crippen LogP contribution in [0.25, 0.3) is 0 Å². The maximum Gasteiger partial charge on any atom is 0.255 e. The number of hydrogen-bond acceptors (Lipinski definition) is 6. The van der Waals surface area contributed by atoms with Gasteiger partial charge in [0.15, 0.2) is 0 Å². The molecule has 0 saturated carbocycles. The summed E-state index contributed by atoms with van der Waals surface area (Å²) in [4.78, 5) is 17.1. The Kier molecular flexibility index (Phi) is 7.89. The standard InChI is InChI=1S/C23H27Cl2N3O5S/c1-2-33-21-6-4-3-5-20(21)26-7-9-27(10-8-26)23(29)17-15-22(19(25)16-18(17)24)34(30,31)28-11-13-32-14-12-28/h3-6,15-16H,2,7-14H2,1H3. The van der Waals surface area contributed by atoms with Gasteiger partial charge in [0, 0.05) is 39.3 Å². The van der Waals surface area contributed by atoms with Crippen LogP contribution in [0.15, 0.2) is 41.3 Å². The number of ether oxygens (including phenoxy) is 2. The summed E-state index contributed by atoms with van der Waals surface area (Å²) >= 11 is 12.6. The number of hydrogen-bond donors (Lipinski definition) is 0. The van der Waals surface area contributed by atoms with Crippen molar-refractivity contribution in [1.82, 2.24) is 9.21 Å². The number of rotatable bonds is 6. The zero-order valence-corrected chi connectivity index (χ0v) is 21.2. The summed E-state index contributed by atoms with van der Waals surface area (Å²) in [7, 11) is -3.88. The summed E-state index contributed by atoms with van der Waals surface area (Å²) in [5.74, 6) is 0.487. The smallest absolute Gasteiger partial charge is 0.255 e. The predicted octanol–water partition coefficient (Wildman–Crippen LogP) is 3.38.